The number of nitrogens with one attached hydrogen (secondary N) is 1. The summed E-state index contributed by atoms with van der Waals surface area (Å²) in [7, 11) is 3.02. The van der Waals surface area contributed by atoms with Gasteiger partial charge in [0, 0.05) is 18.2 Å². The number of rotatable bonds is 10. The molecule has 4 rings (SSSR count). The Morgan fingerprint density at radius 3 is 2.42 bits per heavy atom. The van der Waals surface area contributed by atoms with Gasteiger partial charge in [0.05, 0.1) is 19.9 Å². The summed E-state index contributed by atoms with van der Waals surface area (Å²) < 4.78 is 15.1. The van der Waals surface area contributed by atoms with Crippen molar-refractivity contribution in [3.05, 3.63) is 70.2 Å². The standard InChI is InChI=1S/C27H31N5O5S/c1-36-18-12-13-20(37-2)19(14-18)23(26(34)30-17-10-6-7-11-17)32(15-16-8-4-3-5-9-16)27(35)24-21(28)22(25(29)33)31-38-24/h3-5,8-9,12-14,17,23H,6-7,10-11,15,28H2,1-2H3,(H2,29,33)(H,30,34)/t23-/m1/s1. The topological polar surface area (TPSA) is 150 Å². The smallest absolute Gasteiger partial charge is 0.270 e. The minimum Gasteiger partial charge on any atom is -0.497 e. The summed E-state index contributed by atoms with van der Waals surface area (Å²) >= 11 is 0.772. The van der Waals surface area contributed by atoms with E-state index in [0.717, 1.165) is 42.8 Å². The molecule has 1 saturated carbocycles. The number of carbonyl (C=O) groups excluding carboxylic acids is 3. The highest BCUT2D eigenvalue weighted by molar-refractivity contribution is 7.09. The first-order valence-electron chi connectivity index (χ1n) is 12.3. The summed E-state index contributed by atoms with van der Waals surface area (Å²) in [6, 6.07) is 13.3. The van der Waals surface area contributed by atoms with Crippen LogP contribution in [-0.4, -0.2) is 47.3 Å². The molecule has 0 saturated heterocycles. The summed E-state index contributed by atoms with van der Waals surface area (Å²) in [6.07, 6.45) is 3.78. The second kappa shape index (κ2) is 12.0. The highest BCUT2D eigenvalue weighted by atomic mass is 32.1. The van der Waals surface area contributed by atoms with E-state index in [0.29, 0.717) is 17.1 Å². The van der Waals surface area contributed by atoms with Gasteiger partial charge in [-0.3, -0.25) is 14.4 Å². The van der Waals surface area contributed by atoms with Crippen LogP contribution < -0.4 is 26.3 Å². The molecule has 1 aromatic heterocycles. The molecule has 10 nitrogen and oxygen atoms in total. The fraction of sp³-hybridized carbons (Fsp3) is 0.333. The average Bonchev–Trinajstić information content (AvgIpc) is 3.57. The van der Waals surface area contributed by atoms with Crippen molar-refractivity contribution in [3.8, 4) is 11.5 Å². The zero-order valence-corrected chi connectivity index (χ0v) is 22.1. The second-order valence-electron chi connectivity index (χ2n) is 9.06. The van der Waals surface area contributed by atoms with Crippen LogP contribution in [0.3, 0.4) is 0 Å². The number of amides is 3. The first-order chi connectivity index (χ1) is 18.3. The Balaban J connectivity index is 1.86. The summed E-state index contributed by atoms with van der Waals surface area (Å²) in [5.74, 6) is -0.839. The Kier molecular flexibility index (Phi) is 8.47. The van der Waals surface area contributed by atoms with Crippen molar-refractivity contribution in [3.63, 3.8) is 0 Å². The van der Waals surface area contributed by atoms with Crippen molar-refractivity contribution < 1.29 is 23.9 Å². The molecule has 0 radical (unpaired) electrons. The van der Waals surface area contributed by atoms with Crippen LogP contribution in [0, 0.1) is 0 Å². The summed E-state index contributed by atoms with van der Waals surface area (Å²) in [6.45, 7) is 0.0754. The Morgan fingerprint density at radius 2 is 1.82 bits per heavy atom. The Morgan fingerprint density at radius 1 is 1.11 bits per heavy atom. The molecule has 1 aliphatic carbocycles. The molecule has 0 unspecified atom stereocenters. The van der Waals surface area contributed by atoms with Crippen LogP contribution in [0.15, 0.2) is 48.5 Å². The lowest BCUT2D eigenvalue weighted by Crippen LogP contribution is -2.46. The molecule has 1 heterocycles. The predicted octanol–water partition coefficient (Wildman–Crippen LogP) is 3.28. The van der Waals surface area contributed by atoms with Crippen LogP contribution in [-0.2, 0) is 11.3 Å². The van der Waals surface area contributed by atoms with Gasteiger partial charge in [-0.25, -0.2) is 0 Å². The van der Waals surface area contributed by atoms with E-state index < -0.39 is 17.9 Å². The van der Waals surface area contributed by atoms with E-state index in [2.05, 4.69) is 9.69 Å². The minimum absolute atomic E-state index is 0.00483. The molecule has 3 amide bonds. The number of benzene rings is 2. The van der Waals surface area contributed by atoms with Crippen LogP contribution in [0.5, 0.6) is 11.5 Å². The number of hydrogen-bond acceptors (Lipinski definition) is 8. The van der Waals surface area contributed by atoms with E-state index in [9.17, 15) is 14.4 Å². The van der Waals surface area contributed by atoms with Crippen LogP contribution in [0.4, 0.5) is 5.69 Å². The van der Waals surface area contributed by atoms with Gasteiger partial charge in [-0.15, -0.1) is 0 Å². The van der Waals surface area contributed by atoms with Gasteiger partial charge in [0.2, 0.25) is 5.91 Å². The van der Waals surface area contributed by atoms with Gasteiger partial charge >= 0.3 is 0 Å². The lowest BCUT2D eigenvalue weighted by molar-refractivity contribution is -0.126. The molecule has 1 atom stereocenters. The molecular formula is C27H31N5O5S. The summed E-state index contributed by atoms with van der Waals surface area (Å²) in [5, 5.41) is 3.13. The first kappa shape index (κ1) is 26.9. The first-order valence-corrected chi connectivity index (χ1v) is 13.0. The van der Waals surface area contributed by atoms with E-state index in [1.165, 1.54) is 19.1 Å². The molecule has 1 aliphatic rings. The molecule has 5 N–H and O–H groups in total. The Bertz CT molecular complexity index is 1310. The summed E-state index contributed by atoms with van der Waals surface area (Å²) in [5.41, 5.74) is 12.5. The monoisotopic (exact) mass is 537 g/mol. The zero-order valence-electron chi connectivity index (χ0n) is 21.3. The number of nitrogen functional groups attached to an aromatic ring is 1. The van der Waals surface area contributed by atoms with Crippen molar-refractivity contribution in [1.29, 1.82) is 0 Å². The second-order valence-corrected chi connectivity index (χ2v) is 9.83. The maximum absolute atomic E-state index is 14.1. The number of nitrogens with zero attached hydrogens (tertiary/aromatic N) is 2. The van der Waals surface area contributed by atoms with Gasteiger partial charge in [-0.2, -0.15) is 4.37 Å². The number of primary amides is 1. The number of aromatic nitrogens is 1. The number of nitrogens with two attached hydrogens (primary N) is 2. The third kappa shape index (κ3) is 5.72. The quantitative estimate of drug-likeness (QED) is 0.359. The van der Waals surface area contributed by atoms with Crippen molar-refractivity contribution in [1.82, 2.24) is 14.6 Å². The predicted molar refractivity (Wildman–Crippen MR) is 144 cm³/mol. The third-order valence-corrected chi connectivity index (χ3v) is 7.46. The van der Waals surface area contributed by atoms with E-state index in [1.807, 2.05) is 30.3 Å². The fourth-order valence-electron chi connectivity index (χ4n) is 4.67. The highest BCUT2D eigenvalue weighted by Crippen LogP contribution is 2.36. The lowest BCUT2D eigenvalue weighted by Gasteiger charge is -2.33. The molecular weight excluding hydrogens is 506 g/mol. The molecule has 200 valence electrons. The van der Waals surface area contributed by atoms with Crippen LogP contribution in [0.25, 0.3) is 0 Å². The van der Waals surface area contributed by atoms with E-state index in [1.54, 1.807) is 18.2 Å². The number of methoxy groups -OCH3 is 2. The number of ether oxygens (including phenoxy) is 2. The lowest BCUT2D eigenvalue weighted by atomic mass is 10.00. The maximum Gasteiger partial charge on any atom is 0.270 e. The van der Waals surface area contributed by atoms with Crippen LogP contribution in [0.1, 0.15) is 63.0 Å². The van der Waals surface area contributed by atoms with Crippen molar-refractivity contribution in [2.75, 3.05) is 20.0 Å². The minimum atomic E-state index is -1.10. The van der Waals surface area contributed by atoms with E-state index >= 15 is 0 Å². The number of hydrogen-bond donors (Lipinski definition) is 3. The molecule has 0 spiro atoms. The van der Waals surface area contributed by atoms with Crippen LogP contribution >= 0.6 is 11.5 Å². The summed E-state index contributed by atoms with van der Waals surface area (Å²) in [4.78, 5) is 41.4. The van der Waals surface area contributed by atoms with Crippen molar-refractivity contribution >= 4 is 34.9 Å². The number of anilines is 1. The van der Waals surface area contributed by atoms with Gasteiger partial charge in [-0.05, 0) is 48.1 Å². The Hall–Kier alpha value is -4.12. The SMILES string of the molecule is COc1ccc(OC)c([C@H](C(=O)NC2CCCC2)N(Cc2ccccc2)C(=O)c2snc(C(N)=O)c2N)c1. The zero-order chi connectivity index (χ0) is 27.2. The molecule has 0 aliphatic heterocycles. The van der Waals surface area contributed by atoms with Crippen molar-refractivity contribution in [2.24, 2.45) is 5.73 Å². The molecule has 38 heavy (non-hydrogen) atoms. The maximum atomic E-state index is 14.1. The van der Waals surface area contributed by atoms with Gasteiger partial charge in [-0.1, -0.05) is 43.2 Å². The molecule has 0 bridgehead atoms. The Labute approximate surface area is 225 Å². The van der Waals surface area contributed by atoms with Gasteiger partial charge in [0.25, 0.3) is 11.8 Å². The largest absolute Gasteiger partial charge is 0.497 e. The molecule has 2 aromatic carbocycles. The van der Waals surface area contributed by atoms with Gasteiger partial charge in [0.15, 0.2) is 5.69 Å². The van der Waals surface area contributed by atoms with E-state index in [4.69, 9.17) is 20.9 Å². The molecule has 3 aromatic rings. The fourth-order valence-corrected chi connectivity index (χ4v) is 5.44. The van der Waals surface area contributed by atoms with Crippen molar-refractivity contribution in [2.45, 2.75) is 44.3 Å². The average molecular weight is 538 g/mol. The normalized spacial score (nSPS) is 14.1. The molecule has 1 fully saturated rings. The van der Waals surface area contributed by atoms with E-state index in [-0.39, 0.29) is 34.8 Å². The van der Waals surface area contributed by atoms with Crippen LogP contribution in [0.2, 0.25) is 0 Å². The highest BCUT2D eigenvalue weighted by Gasteiger charge is 2.37. The molecule has 11 heteroatoms. The number of carbonyl (C=O) groups is 3. The third-order valence-electron chi connectivity index (χ3n) is 6.61. The van der Waals surface area contributed by atoms with Gasteiger partial charge < -0.3 is 31.2 Å². The van der Waals surface area contributed by atoms with Gasteiger partial charge in [0.1, 0.15) is 22.4 Å².